The Kier molecular flexibility index (Phi) is 7.36. The van der Waals surface area contributed by atoms with Gasteiger partial charge in [-0.15, -0.1) is 0 Å². The van der Waals surface area contributed by atoms with Gasteiger partial charge in [-0.2, -0.15) is 26.3 Å². The van der Waals surface area contributed by atoms with Crippen molar-refractivity contribution >= 4 is 35.1 Å². The Hall–Kier alpha value is -4.30. The molecule has 1 aliphatic rings. The van der Waals surface area contributed by atoms with Crippen LogP contribution >= 0.6 is 0 Å². The van der Waals surface area contributed by atoms with Crippen molar-refractivity contribution in [3.63, 3.8) is 0 Å². The second-order valence-electron chi connectivity index (χ2n) is 7.79. The molecule has 0 spiro atoms. The fraction of sp³-hybridized carbons (Fsp3) is 0.273. The van der Waals surface area contributed by atoms with Crippen LogP contribution in [0.1, 0.15) is 44.7 Å². The Morgan fingerprint density at radius 2 is 1.59 bits per heavy atom. The first kappa shape index (κ1) is 27.3. The van der Waals surface area contributed by atoms with Crippen LogP contribution in [0.5, 0.6) is 5.75 Å². The summed E-state index contributed by atoms with van der Waals surface area (Å²) in [6.45, 7) is 0. The van der Waals surface area contributed by atoms with Crippen molar-refractivity contribution in [1.82, 2.24) is 5.32 Å². The van der Waals surface area contributed by atoms with E-state index < -0.39 is 65.2 Å². The Morgan fingerprint density at radius 1 is 1.00 bits per heavy atom. The lowest BCUT2D eigenvalue weighted by Gasteiger charge is -2.16. The lowest BCUT2D eigenvalue weighted by Crippen LogP contribution is -2.41. The number of fused-ring (bicyclic) bond motifs is 1. The van der Waals surface area contributed by atoms with Crippen LogP contribution in [-0.2, 0) is 21.9 Å². The van der Waals surface area contributed by atoms with E-state index >= 15 is 0 Å². The van der Waals surface area contributed by atoms with Crippen LogP contribution in [0.2, 0.25) is 0 Å². The number of carboxylic acid groups (broad SMARTS) is 1. The van der Waals surface area contributed by atoms with Crippen molar-refractivity contribution in [1.29, 1.82) is 0 Å². The second-order valence-corrected chi connectivity index (χ2v) is 7.79. The lowest BCUT2D eigenvalue weighted by molar-refractivity contribution is -0.143. The molecule has 37 heavy (non-hydrogen) atoms. The molecule has 1 aliphatic heterocycles. The molecule has 0 aromatic heterocycles. The number of hydrogen-bond donors (Lipinski definition) is 4. The third-order valence-corrected chi connectivity index (χ3v) is 5.21. The molecule has 3 amide bonds. The molecule has 2 aromatic rings. The highest BCUT2D eigenvalue weighted by Crippen LogP contribution is 2.37. The van der Waals surface area contributed by atoms with E-state index in [0.29, 0.717) is 0 Å². The van der Waals surface area contributed by atoms with Crippen molar-refractivity contribution in [2.45, 2.75) is 31.2 Å². The summed E-state index contributed by atoms with van der Waals surface area (Å²) in [5.74, 6) is -4.36. The summed E-state index contributed by atoms with van der Waals surface area (Å²) in [6, 6.07) is 1.24. The van der Waals surface area contributed by atoms with E-state index in [0.717, 1.165) is 19.2 Å². The normalized spacial score (nSPS) is 15.7. The molecule has 15 heteroatoms. The highest BCUT2D eigenvalue weighted by Gasteiger charge is 2.38. The standard InChI is InChI=1S/C22H17F6N3O6/c1-37-16-7-12-14(30-20(36)13(29-19(12)35)2-3-17(32)33)8-15(16)31-18(34)9-4-10(21(23,24)25)6-11(5-9)22(26,27)28/h4-8,13H,2-3H2,1H3,(H,29,35)(H,30,36)(H,31,34)(H,32,33). The van der Waals surface area contributed by atoms with Crippen LogP contribution < -0.4 is 20.7 Å². The van der Waals surface area contributed by atoms with Gasteiger partial charge in [-0.05, 0) is 36.8 Å². The Labute approximate surface area is 203 Å². The number of nitrogens with one attached hydrogen (secondary N) is 3. The lowest BCUT2D eigenvalue weighted by atomic mass is 10.0. The molecule has 1 atom stereocenters. The molecule has 0 aliphatic carbocycles. The molecule has 198 valence electrons. The number of amides is 3. The zero-order chi connectivity index (χ0) is 27.7. The number of ether oxygens (including phenoxy) is 1. The van der Waals surface area contributed by atoms with Crippen LogP contribution in [0.4, 0.5) is 37.7 Å². The molecule has 4 N–H and O–H groups in total. The minimum absolute atomic E-state index is 0.130. The monoisotopic (exact) mass is 533 g/mol. The van der Waals surface area contributed by atoms with E-state index in [4.69, 9.17) is 9.84 Å². The summed E-state index contributed by atoms with van der Waals surface area (Å²) in [5.41, 5.74) is -4.96. The van der Waals surface area contributed by atoms with E-state index in [1.165, 1.54) is 0 Å². The van der Waals surface area contributed by atoms with Crippen LogP contribution in [0, 0.1) is 0 Å². The number of carbonyl (C=O) groups excluding carboxylic acids is 3. The average Bonchev–Trinajstić information content (AvgIpc) is 2.90. The number of benzene rings is 2. The van der Waals surface area contributed by atoms with Crippen molar-refractivity contribution in [2.24, 2.45) is 0 Å². The van der Waals surface area contributed by atoms with Gasteiger partial charge in [0.05, 0.1) is 35.2 Å². The number of aliphatic carboxylic acids is 1. The van der Waals surface area contributed by atoms with Gasteiger partial charge >= 0.3 is 18.3 Å². The summed E-state index contributed by atoms with van der Waals surface area (Å²) in [7, 11) is 1.12. The van der Waals surface area contributed by atoms with E-state index in [9.17, 15) is 45.5 Å². The smallest absolute Gasteiger partial charge is 0.416 e. The van der Waals surface area contributed by atoms with E-state index in [2.05, 4.69) is 16.0 Å². The van der Waals surface area contributed by atoms with Gasteiger partial charge in [0.15, 0.2) is 0 Å². The molecule has 9 nitrogen and oxygen atoms in total. The van der Waals surface area contributed by atoms with Crippen molar-refractivity contribution < 1.29 is 55.4 Å². The second kappa shape index (κ2) is 9.99. The van der Waals surface area contributed by atoms with Gasteiger partial charge in [0, 0.05) is 12.0 Å². The summed E-state index contributed by atoms with van der Waals surface area (Å²) in [5, 5.41) is 15.7. The molecule has 2 aromatic carbocycles. The quantitative estimate of drug-likeness (QED) is 0.417. The minimum atomic E-state index is -5.17. The van der Waals surface area contributed by atoms with Crippen molar-refractivity contribution in [3.8, 4) is 5.75 Å². The van der Waals surface area contributed by atoms with E-state index in [-0.39, 0.29) is 47.3 Å². The largest absolute Gasteiger partial charge is 0.495 e. The van der Waals surface area contributed by atoms with Crippen molar-refractivity contribution in [2.75, 3.05) is 17.7 Å². The summed E-state index contributed by atoms with van der Waals surface area (Å²) in [4.78, 5) is 48.5. The fourth-order valence-electron chi connectivity index (χ4n) is 3.41. The predicted molar refractivity (Wildman–Crippen MR) is 114 cm³/mol. The maximum Gasteiger partial charge on any atom is 0.416 e. The molecule has 3 rings (SSSR count). The number of methoxy groups -OCH3 is 1. The summed E-state index contributed by atoms with van der Waals surface area (Å²) in [6.07, 6.45) is -11.0. The van der Waals surface area contributed by atoms with Gasteiger partial charge in [-0.1, -0.05) is 0 Å². The molecule has 1 unspecified atom stereocenters. The molecule has 0 bridgehead atoms. The van der Waals surface area contributed by atoms with Crippen LogP contribution in [0.15, 0.2) is 30.3 Å². The molecule has 1 heterocycles. The third-order valence-electron chi connectivity index (χ3n) is 5.21. The summed E-state index contributed by atoms with van der Waals surface area (Å²) >= 11 is 0. The zero-order valence-corrected chi connectivity index (χ0v) is 18.6. The van der Waals surface area contributed by atoms with E-state index in [1.54, 1.807) is 0 Å². The zero-order valence-electron chi connectivity index (χ0n) is 18.6. The number of carboxylic acids is 1. The molecule has 0 fully saturated rings. The number of alkyl halides is 6. The van der Waals surface area contributed by atoms with Gasteiger partial charge in [0.1, 0.15) is 11.8 Å². The first-order valence-corrected chi connectivity index (χ1v) is 10.3. The maximum absolute atomic E-state index is 13.1. The number of hydrogen-bond acceptors (Lipinski definition) is 5. The number of rotatable bonds is 6. The van der Waals surface area contributed by atoms with E-state index in [1.807, 2.05) is 0 Å². The van der Waals surface area contributed by atoms with Gasteiger partial charge < -0.3 is 25.8 Å². The van der Waals surface area contributed by atoms with Crippen LogP contribution in [0.3, 0.4) is 0 Å². The predicted octanol–water partition coefficient (Wildman–Crippen LogP) is 3.90. The minimum Gasteiger partial charge on any atom is -0.495 e. The molecule has 0 saturated heterocycles. The van der Waals surface area contributed by atoms with Crippen LogP contribution in [-0.4, -0.2) is 41.9 Å². The van der Waals surface area contributed by atoms with Crippen LogP contribution in [0.25, 0.3) is 0 Å². The first-order valence-electron chi connectivity index (χ1n) is 10.3. The van der Waals surface area contributed by atoms with Gasteiger partial charge in [0.2, 0.25) is 5.91 Å². The Morgan fingerprint density at radius 3 is 2.11 bits per heavy atom. The molecular formula is C22H17F6N3O6. The molecule has 0 saturated carbocycles. The maximum atomic E-state index is 13.1. The van der Waals surface area contributed by atoms with Gasteiger partial charge in [-0.25, -0.2) is 0 Å². The highest BCUT2D eigenvalue weighted by atomic mass is 19.4. The SMILES string of the molecule is COc1cc2c(cc1NC(=O)c1cc(C(F)(F)F)cc(C(F)(F)F)c1)NC(=O)C(CCC(=O)O)NC2=O. The summed E-state index contributed by atoms with van der Waals surface area (Å²) < 4.78 is 84.0. The fourth-order valence-corrected chi connectivity index (χ4v) is 3.41. The Bertz CT molecular complexity index is 1240. The van der Waals surface area contributed by atoms with Gasteiger partial charge in [0.25, 0.3) is 11.8 Å². The average molecular weight is 533 g/mol. The topological polar surface area (TPSA) is 134 Å². The molecule has 0 radical (unpaired) electrons. The number of halogens is 6. The number of anilines is 2. The number of carbonyl (C=O) groups is 4. The highest BCUT2D eigenvalue weighted by molar-refractivity contribution is 6.12. The van der Waals surface area contributed by atoms with Gasteiger partial charge in [-0.3, -0.25) is 19.2 Å². The van der Waals surface area contributed by atoms with Crippen molar-refractivity contribution in [3.05, 3.63) is 52.6 Å². The first-order chi connectivity index (χ1) is 17.1. The Balaban J connectivity index is 1.98. The molecular weight excluding hydrogens is 516 g/mol. The third kappa shape index (κ3) is 6.29.